The Bertz CT molecular complexity index is 1120. The van der Waals surface area contributed by atoms with Gasteiger partial charge < -0.3 is 20.4 Å². The fraction of sp³-hybridized carbons (Fsp3) is 0.633. The van der Waals surface area contributed by atoms with Crippen molar-refractivity contribution in [3.63, 3.8) is 0 Å². The largest absolute Gasteiger partial charge is 0.478 e. The molecule has 0 heterocycles. The number of benzene rings is 1. The molecule has 1 aromatic carbocycles. The maximum atomic E-state index is 12.2. The molecule has 4 aliphatic carbocycles. The molecule has 1 aromatic rings. The first-order valence-electron chi connectivity index (χ1n) is 13.7. The molecule has 1 amide bonds. The van der Waals surface area contributed by atoms with Crippen molar-refractivity contribution < 1.29 is 24.6 Å². The zero-order valence-corrected chi connectivity index (χ0v) is 22.3. The smallest absolute Gasteiger partial charge is 0.335 e. The number of aliphatic hydroxyl groups is 1. The van der Waals surface area contributed by atoms with Gasteiger partial charge in [0.2, 0.25) is 0 Å². The van der Waals surface area contributed by atoms with Gasteiger partial charge in [-0.1, -0.05) is 36.7 Å². The van der Waals surface area contributed by atoms with Crippen LogP contribution in [0, 0.1) is 28.6 Å². The van der Waals surface area contributed by atoms with Crippen LogP contribution in [0.25, 0.3) is 0 Å². The molecule has 0 radical (unpaired) electrons. The third-order valence-corrected chi connectivity index (χ3v) is 10.6. The summed E-state index contributed by atoms with van der Waals surface area (Å²) in [6, 6.07) is 6.42. The molecule has 0 aliphatic heterocycles. The lowest BCUT2D eigenvalue weighted by Gasteiger charge is -2.59. The molecule has 0 spiro atoms. The van der Waals surface area contributed by atoms with Crippen LogP contribution in [-0.2, 0) is 16.2 Å². The van der Waals surface area contributed by atoms with E-state index in [0.717, 1.165) is 49.8 Å². The van der Waals surface area contributed by atoms with E-state index in [2.05, 4.69) is 37.3 Å². The number of nitrogens with zero attached hydrogens (tertiary/aromatic N) is 1. The molecule has 4 aliphatic rings. The zero-order chi connectivity index (χ0) is 26.4. The minimum absolute atomic E-state index is 0.0450. The number of amides is 1. The molecule has 37 heavy (non-hydrogen) atoms. The number of allylic oxidation sites excluding steroid dienone is 2. The maximum Gasteiger partial charge on any atom is 0.335 e. The topological polar surface area (TPSA) is 108 Å². The van der Waals surface area contributed by atoms with Crippen LogP contribution in [0.3, 0.4) is 0 Å². The van der Waals surface area contributed by atoms with E-state index >= 15 is 0 Å². The minimum atomic E-state index is -0.973. The normalized spacial score (nSPS) is 37.7. The van der Waals surface area contributed by atoms with Gasteiger partial charge in [-0.25, -0.2) is 4.79 Å². The third kappa shape index (κ3) is 4.60. The second-order valence-electron chi connectivity index (χ2n) is 12.4. The standard InChI is InChI=1S/C30H40N2O5/c1-28-13-10-22(32-37-18-26(33)31-17-19-4-6-20(7-5-19)27(34)35)16-21(28)8-9-23-24(28)11-14-29(2)25(23)12-15-30(29,3)36/h4-7,16,23-25,36H,8-15,17-18H2,1-3H3,(H,31,33)(H,34,35)/b32-22-/t23-,24+,25+,28+,29+,30+/m1/s1. The Labute approximate surface area is 219 Å². The summed E-state index contributed by atoms with van der Waals surface area (Å²) in [5.41, 5.74) is 3.11. The van der Waals surface area contributed by atoms with Crippen LogP contribution < -0.4 is 5.32 Å². The average Bonchev–Trinajstić information content (AvgIpc) is 3.11. The van der Waals surface area contributed by atoms with Crippen molar-refractivity contribution in [2.24, 2.45) is 33.7 Å². The molecule has 200 valence electrons. The molecule has 7 nitrogen and oxygen atoms in total. The van der Waals surface area contributed by atoms with Crippen molar-refractivity contribution in [1.82, 2.24) is 5.32 Å². The van der Waals surface area contributed by atoms with Crippen molar-refractivity contribution in [3.05, 3.63) is 47.0 Å². The molecule has 7 heteroatoms. The van der Waals surface area contributed by atoms with E-state index in [1.54, 1.807) is 12.1 Å². The number of oxime groups is 1. The number of carboxylic acid groups (broad SMARTS) is 1. The van der Waals surface area contributed by atoms with Crippen molar-refractivity contribution >= 4 is 17.6 Å². The van der Waals surface area contributed by atoms with Crippen molar-refractivity contribution in [2.75, 3.05) is 6.61 Å². The lowest BCUT2D eigenvalue weighted by Crippen LogP contribution is -2.53. The first-order chi connectivity index (χ1) is 17.5. The van der Waals surface area contributed by atoms with Crippen LogP contribution in [0.1, 0.15) is 88.1 Å². The number of nitrogens with one attached hydrogen (secondary N) is 1. The van der Waals surface area contributed by atoms with E-state index < -0.39 is 11.6 Å². The van der Waals surface area contributed by atoms with E-state index in [1.165, 1.54) is 30.5 Å². The van der Waals surface area contributed by atoms with Gasteiger partial charge in [-0.15, -0.1) is 0 Å². The molecule has 6 atom stereocenters. The van der Waals surface area contributed by atoms with Crippen LogP contribution in [0.5, 0.6) is 0 Å². The molecule has 3 fully saturated rings. The number of carbonyl (C=O) groups excluding carboxylic acids is 1. The first-order valence-corrected chi connectivity index (χ1v) is 13.7. The summed E-state index contributed by atoms with van der Waals surface area (Å²) in [5.74, 6) is 0.731. The highest BCUT2D eigenvalue weighted by Gasteiger charge is 2.62. The Morgan fingerprint density at radius 2 is 1.76 bits per heavy atom. The van der Waals surface area contributed by atoms with Gasteiger partial charge in [-0.3, -0.25) is 4.79 Å². The van der Waals surface area contributed by atoms with E-state index in [0.29, 0.717) is 24.3 Å². The van der Waals surface area contributed by atoms with Gasteiger partial charge in [-0.05, 0) is 111 Å². The molecule has 0 aromatic heterocycles. The highest BCUT2D eigenvalue weighted by Crippen LogP contribution is 2.67. The molecule has 3 saturated carbocycles. The summed E-state index contributed by atoms with van der Waals surface area (Å²) in [6.07, 6.45) is 10.8. The number of hydrogen-bond acceptors (Lipinski definition) is 5. The van der Waals surface area contributed by atoms with E-state index in [4.69, 9.17) is 9.94 Å². The number of hydrogen-bond donors (Lipinski definition) is 3. The van der Waals surface area contributed by atoms with Crippen molar-refractivity contribution in [3.8, 4) is 0 Å². The molecule has 5 rings (SSSR count). The molecule has 0 bridgehead atoms. The average molecular weight is 509 g/mol. The van der Waals surface area contributed by atoms with Crippen molar-refractivity contribution in [2.45, 2.75) is 84.3 Å². The van der Waals surface area contributed by atoms with Gasteiger partial charge in [0, 0.05) is 6.54 Å². The number of carboxylic acids is 1. The summed E-state index contributed by atoms with van der Waals surface area (Å²) in [4.78, 5) is 28.6. The highest BCUT2D eigenvalue weighted by atomic mass is 16.6. The SMILES string of the molecule is C[C@]12CC/C(=N/OCC(=O)NCc3ccc(C(=O)O)cc3)C=C1CC[C@@H]1[C@@H]2CC[C@@]2(C)[C@H]1CC[C@]2(C)O. The molecule has 0 unspecified atom stereocenters. The Morgan fingerprint density at radius 3 is 2.49 bits per heavy atom. The predicted octanol–water partition coefficient (Wildman–Crippen LogP) is 5.09. The van der Waals surface area contributed by atoms with Crippen LogP contribution in [0.15, 0.2) is 41.1 Å². The fourth-order valence-corrected chi connectivity index (χ4v) is 8.08. The van der Waals surface area contributed by atoms with E-state index in [9.17, 15) is 14.7 Å². The zero-order valence-electron chi connectivity index (χ0n) is 22.3. The van der Waals surface area contributed by atoms with Crippen molar-refractivity contribution in [1.29, 1.82) is 0 Å². The Hall–Kier alpha value is -2.67. The van der Waals surface area contributed by atoms with Crippen LogP contribution >= 0.6 is 0 Å². The number of rotatable bonds is 6. The molecular weight excluding hydrogens is 468 g/mol. The van der Waals surface area contributed by atoms with Crippen LogP contribution in [0.2, 0.25) is 0 Å². The third-order valence-electron chi connectivity index (χ3n) is 10.6. The van der Waals surface area contributed by atoms with E-state index in [1.807, 2.05) is 0 Å². The lowest BCUT2D eigenvalue weighted by molar-refractivity contribution is -0.125. The summed E-state index contributed by atoms with van der Waals surface area (Å²) in [5, 5.41) is 27.2. The minimum Gasteiger partial charge on any atom is -0.478 e. The van der Waals surface area contributed by atoms with Gasteiger partial charge in [0.05, 0.1) is 16.9 Å². The highest BCUT2D eigenvalue weighted by molar-refractivity contribution is 5.96. The molecular formula is C30H40N2O5. The quantitative estimate of drug-likeness (QED) is 0.464. The number of carbonyl (C=O) groups is 2. The van der Waals surface area contributed by atoms with Gasteiger partial charge in [0.15, 0.2) is 6.61 Å². The summed E-state index contributed by atoms with van der Waals surface area (Å²) in [7, 11) is 0. The van der Waals surface area contributed by atoms with Crippen LogP contribution in [-0.4, -0.2) is 40.0 Å². The Morgan fingerprint density at radius 1 is 1.03 bits per heavy atom. The predicted molar refractivity (Wildman–Crippen MR) is 141 cm³/mol. The van der Waals surface area contributed by atoms with Gasteiger partial charge in [0.25, 0.3) is 5.91 Å². The van der Waals surface area contributed by atoms with Gasteiger partial charge >= 0.3 is 5.97 Å². The molecule has 3 N–H and O–H groups in total. The Balaban J connectivity index is 1.16. The summed E-state index contributed by atoms with van der Waals surface area (Å²) < 4.78 is 0. The monoisotopic (exact) mass is 508 g/mol. The Kier molecular flexibility index (Phi) is 6.71. The second-order valence-corrected chi connectivity index (χ2v) is 12.4. The van der Waals surface area contributed by atoms with Gasteiger partial charge in [0.1, 0.15) is 0 Å². The van der Waals surface area contributed by atoms with E-state index in [-0.39, 0.29) is 28.9 Å². The summed E-state index contributed by atoms with van der Waals surface area (Å²) in [6.45, 7) is 6.99. The number of fused-ring (bicyclic) bond motifs is 5. The van der Waals surface area contributed by atoms with Crippen LogP contribution in [0.4, 0.5) is 0 Å². The maximum absolute atomic E-state index is 12.2. The first kappa shape index (κ1) is 26.0. The summed E-state index contributed by atoms with van der Waals surface area (Å²) >= 11 is 0. The lowest BCUT2D eigenvalue weighted by atomic mass is 9.46. The number of aromatic carboxylic acids is 1. The van der Waals surface area contributed by atoms with Gasteiger partial charge in [-0.2, -0.15) is 0 Å². The second kappa shape index (κ2) is 9.57. The molecule has 0 saturated heterocycles. The fourth-order valence-electron chi connectivity index (χ4n) is 8.08.